The fourth-order valence-corrected chi connectivity index (χ4v) is 2.66. The number of nitrogens with zero attached hydrogens (tertiary/aromatic N) is 2. The average Bonchev–Trinajstić information content (AvgIpc) is 2.77. The van der Waals surface area contributed by atoms with E-state index in [9.17, 15) is 9.18 Å². The molecule has 3 rings (SSSR count). The summed E-state index contributed by atoms with van der Waals surface area (Å²) in [5.41, 5.74) is 6.70. The van der Waals surface area contributed by atoms with Gasteiger partial charge in [-0.15, -0.1) is 0 Å². The summed E-state index contributed by atoms with van der Waals surface area (Å²) in [4.78, 5) is 17.0. The summed E-state index contributed by atoms with van der Waals surface area (Å²) in [5.74, 6) is -1.65. The van der Waals surface area contributed by atoms with Gasteiger partial charge in [0.15, 0.2) is 5.96 Å². The molecule has 1 fully saturated rings. The molecule has 0 aliphatic carbocycles. The van der Waals surface area contributed by atoms with Gasteiger partial charge in [-0.3, -0.25) is 0 Å². The zero-order valence-electron chi connectivity index (χ0n) is 9.56. The van der Waals surface area contributed by atoms with E-state index in [0.29, 0.717) is 11.6 Å². The lowest BCUT2D eigenvalue weighted by atomic mass is 9.98. The van der Waals surface area contributed by atoms with E-state index in [-0.39, 0.29) is 11.6 Å². The third kappa shape index (κ3) is 1.45. The molecule has 0 saturated carbocycles. The van der Waals surface area contributed by atoms with Gasteiger partial charge in [-0.05, 0) is 18.9 Å². The van der Waals surface area contributed by atoms with Gasteiger partial charge < -0.3 is 15.7 Å². The summed E-state index contributed by atoms with van der Waals surface area (Å²) in [7, 11) is 0. The van der Waals surface area contributed by atoms with Gasteiger partial charge >= 0.3 is 5.97 Å². The van der Waals surface area contributed by atoms with Crippen molar-refractivity contribution in [3.8, 4) is 0 Å². The number of hydrogen-bond acceptors (Lipinski definition) is 4. The molecule has 0 aromatic heterocycles. The first kappa shape index (κ1) is 11.0. The Labute approximate surface area is 103 Å². The Morgan fingerprint density at radius 2 is 2.33 bits per heavy atom. The minimum Gasteiger partial charge on any atom is -0.478 e. The Morgan fingerprint density at radius 1 is 1.56 bits per heavy atom. The number of carboxylic acid groups (broad SMARTS) is 1. The van der Waals surface area contributed by atoms with Crippen LogP contribution in [0.15, 0.2) is 17.1 Å². The molecule has 2 heterocycles. The van der Waals surface area contributed by atoms with E-state index in [0.717, 1.165) is 31.0 Å². The lowest BCUT2D eigenvalue weighted by Crippen LogP contribution is -2.38. The number of benzene rings is 1. The van der Waals surface area contributed by atoms with Gasteiger partial charge in [0.1, 0.15) is 5.82 Å². The van der Waals surface area contributed by atoms with Crippen LogP contribution in [-0.4, -0.2) is 28.5 Å². The first-order valence-corrected chi connectivity index (χ1v) is 5.75. The number of aliphatic imine (C=N–C) groups is 1. The Morgan fingerprint density at radius 3 is 3.06 bits per heavy atom. The van der Waals surface area contributed by atoms with Gasteiger partial charge in [-0.2, -0.15) is 0 Å². The predicted octanol–water partition coefficient (Wildman–Crippen LogP) is 1.62. The first-order valence-electron chi connectivity index (χ1n) is 5.75. The second kappa shape index (κ2) is 3.69. The summed E-state index contributed by atoms with van der Waals surface area (Å²) in [5, 5.41) is 8.95. The highest BCUT2D eigenvalue weighted by molar-refractivity contribution is 5.90. The Hall–Kier alpha value is -2.11. The molecule has 0 unspecified atom stereocenters. The fourth-order valence-electron chi connectivity index (χ4n) is 2.66. The smallest absolute Gasteiger partial charge is 0.338 e. The van der Waals surface area contributed by atoms with Crippen LogP contribution in [0.1, 0.15) is 34.8 Å². The maximum absolute atomic E-state index is 13.6. The van der Waals surface area contributed by atoms with Crippen molar-refractivity contribution in [1.82, 2.24) is 4.90 Å². The molecule has 1 aromatic rings. The second-order valence-corrected chi connectivity index (χ2v) is 4.52. The highest BCUT2D eigenvalue weighted by Gasteiger charge is 2.33. The van der Waals surface area contributed by atoms with Crippen molar-refractivity contribution in [1.29, 1.82) is 0 Å². The van der Waals surface area contributed by atoms with Crippen LogP contribution in [-0.2, 0) is 0 Å². The van der Waals surface area contributed by atoms with E-state index < -0.39 is 11.8 Å². The van der Waals surface area contributed by atoms with Gasteiger partial charge in [0.2, 0.25) is 0 Å². The maximum atomic E-state index is 13.6. The van der Waals surface area contributed by atoms with Crippen molar-refractivity contribution in [2.45, 2.75) is 18.9 Å². The highest BCUT2D eigenvalue weighted by Crippen LogP contribution is 2.41. The van der Waals surface area contributed by atoms with Crippen LogP contribution in [0.4, 0.5) is 10.1 Å². The van der Waals surface area contributed by atoms with Crippen molar-refractivity contribution < 1.29 is 14.3 Å². The molecule has 3 N–H and O–H groups in total. The summed E-state index contributed by atoms with van der Waals surface area (Å²) in [6.45, 7) is 0.805. The largest absolute Gasteiger partial charge is 0.478 e. The number of guanidine groups is 1. The molecule has 1 saturated heterocycles. The van der Waals surface area contributed by atoms with E-state index in [1.165, 1.54) is 6.07 Å². The molecule has 1 atom stereocenters. The van der Waals surface area contributed by atoms with E-state index in [1.54, 1.807) is 0 Å². The maximum Gasteiger partial charge on any atom is 0.338 e. The Bertz CT molecular complexity index is 571. The third-order valence-electron chi connectivity index (χ3n) is 3.49. The number of nitrogens with two attached hydrogens (primary N) is 1. The van der Waals surface area contributed by atoms with Crippen molar-refractivity contribution in [2.24, 2.45) is 10.7 Å². The summed E-state index contributed by atoms with van der Waals surface area (Å²) >= 11 is 0. The number of hydrogen-bond donors (Lipinski definition) is 2. The SMILES string of the molecule is NC1=Nc2cc(F)c(C(=O)O)cc2[C@H]2CCCN12. The van der Waals surface area contributed by atoms with E-state index in [4.69, 9.17) is 10.8 Å². The molecule has 5 nitrogen and oxygen atoms in total. The van der Waals surface area contributed by atoms with Gasteiger partial charge in [-0.1, -0.05) is 0 Å². The van der Waals surface area contributed by atoms with Crippen molar-refractivity contribution >= 4 is 17.6 Å². The first-order chi connectivity index (χ1) is 8.58. The molecule has 2 aliphatic heterocycles. The quantitative estimate of drug-likeness (QED) is 0.792. The van der Waals surface area contributed by atoms with Gasteiger partial charge in [0, 0.05) is 18.2 Å². The Kier molecular flexibility index (Phi) is 2.26. The monoisotopic (exact) mass is 249 g/mol. The summed E-state index contributed by atoms with van der Waals surface area (Å²) in [6.07, 6.45) is 1.86. The van der Waals surface area contributed by atoms with Crippen molar-refractivity contribution in [2.75, 3.05) is 6.54 Å². The molecule has 1 aromatic carbocycles. The molecule has 0 amide bonds. The molecule has 18 heavy (non-hydrogen) atoms. The fraction of sp³-hybridized carbons (Fsp3) is 0.333. The van der Waals surface area contributed by atoms with Crippen LogP contribution >= 0.6 is 0 Å². The zero-order valence-corrected chi connectivity index (χ0v) is 9.56. The van der Waals surface area contributed by atoms with E-state index >= 15 is 0 Å². The van der Waals surface area contributed by atoms with Crippen LogP contribution in [0.3, 0.4) is 0 Å². The molecule has 0 bridgehead atoms. The molecule has 94 valence electrons. The number of aromatic carboxylic acids is 1. The minimum atomic E-state index is -1.26. The third-order valence-corrected chi connectivity index (χ3v) is 3.49. The molecular weight excluding hydrogens is 237 g/mol. The molecule has 0 spiro atoms. The minimum absolute atomic E-state index is 0.0243. The number of carboxylic acids is 1. The topological polar surface area (TPSA) is 78.9 Å². The van der Waals surface area contributed by atoms with Crippen LogP contribution in [0.5, 0.6) is 0 Å². The Balaban J connectivity index is 2.19. The van der Waals surface area contributed by atoms with Gasteiger partial charge in [-0.25, -0.2) is 14.2 Å². The molecular formula is C12H12FN3O2. The number of halogens is 1. The number of rotatable bonds is 1. The lowest BCUT2D eigenvalue weighted by molar-refractivity contribution is 0.0691. The van der Waals surface area contributed by atoms with Crippen molar-refractivity contribution in [3.05, 3.63) is 29.1 Å². The standard InChI is InChI=1S/C12H12FN3O2/c13-8-5-9-7(4-6(8)11(17)18)10-2-1-3-16(10)12(14)15-9/h4-5,10H,1-3H2,(H2,14,15)(H,17,18)/t10-/m1/s1. The van der Waals surface area contributed by atoms with Gasteiger partial charge in [0.25, 0.3) is 0 Å². The normalized spacial score (nSPS) is 21.3. The van der Waals surface area contributed by atoms with E-state index in [2.05, 4.69) is 4.99 Å². The lowest BCUT2D eigenvalue weighted by Gasteiger charge is -2.31. The predicted molar refractivity (Wildman–Crippen MR) is 63.3 cm³/mol. The number of carbonyl (C=O) groups is 1. The zero-order chi connectivity index (χ0) is 12.9. The van der Waals surface area contributed by atoms with E-state index in [1.807, 2.05) is 4.90 Å². The summed E-state index contributed by atoms with van der Waals surface area (Å²) < 4.78 is 13.6. The number of fused-ring (bicyclic) bond motifs is 3. The van der Waals surface area contributed by atoms with Crippen molar-refractivity contribution in [3.63, 3.8) is 0 Å². The molecule has 2 aliphatic rings. The molecule has 0 radical (unpaired) electrons. The van der Waals surface area contributed by atoms with Crippen LogP contribution in [0, 0.1) is 5.82 Å². The summed E-state index contributed by atoms with van der Waals surface area (Å²) in [6, 6.07) is 2.56. The second-order valence-electron chi connectivity index (χ2n) is 4.52. The molecule has 6 heteroatoms. The van der Waals surface area contributed by atoms with Gasteiger partial charge in [0.05, 0.1) is 17.3 Å². The van der Waals surface area contributed by atoms with Crippen LogP contribution in [0.2, 0.25) is 0 Å². The van der Waals surface area contributed by atoms with Crippen LogP contribution in [0.25, 0.3) is 0 Å². The average molecular weight is 249 g/mol. The van der Waals surface area contributed by atoms with Crippen LogP contribution < -0.4 is 5.73 Å². The highest BCUT2D eigenvalue weighted by atomic mass is 19.1.